The predicted octanol–water partition coefficient (Wildman–Crippen LogP) is 7.76. The fraction of sp³-hybridized carbons (Fsp3) is 0.310. The molecule has 202 valence electrons. The SMILES string of the molecule is CCCCCCCCOc1ccc(OC(=O)c2ccc(C(=O)Oc3ccc(OC(F)(F)F)cc3)cc2)cc1. The summed E-state index contributed by atoms with van der Waals surface area (Å²) in [6.45, 7) is 2.83. The zero-order valence-electron chi connectivity index (χ0n) is 21.0. The van der Waals surface area contributed by atoms with E-state index in [1.807, 2.05) is 0 Å². The van der Waals surface area contributed by atoms with Crippen molar-refractivity contribution in [3.8, 4) is 23.0 Å². The smallest absolute Gasteiger partial charge is 0.494 e. The summed E-state index contributed by atoms with van der Waals surface area (Å²) in [6, 6.07) is 16.8. The number of alkyl halides is 3. The van der Waals surface area contributed by atoms with Gasteiger partial charge in [0.2, 0.25) is 0 Å². The van der Waals surface area contributed by atoms with Gasteiger partial charge in [0.1, 0.15) is 23.0 Å². The van der Waals surface area contributed by atoms with Crippen LogP contribution in [0.2, 0.25) is 0 Å². The van der Waals surface area contributed by atoms with Gasteiger partial charge in [0.15, 0.2) is 0 Å². The third-order valence-electron chi connectivity index (χ3n) is 5.43. The van der Waals surface area contributed by atoms with Crippen molar-refractivity contribution in [2.45, 2.75) is 51.8 Å². The Bertz CT molecular complexity index is 1160. The van der Waals surface area contributed by atoms with Crippen LogP contribution in [0.3, 0.4) is 0 Å². The highest BCUT2D eigenvalue weighted by Crippen LogP contribution is 2.25. The monoisotopic (exact) mass is 530 g/mol. The second-order valence-electron chi connectivity index (χ2n) is 8.46. The number of esters is 2. The molecule has 0 radical (unpaired) electrons. The molecular weight excluding hydrogens is 501 g/mol. The molecular formula is C29H29F3O6. The number of hydrogen-bond donors (Lipinski definition) is 0. The first kappa shape index (κ1) is 28.6. The molecule has 0 saturated heterocycles. The molecule has 0 N–H and O–H groups in total. The largest absolute Gasteiger partial charge is 0.573 e. The van der Waals surface area contributed by atoms with Gasteiger partial charge >= 0.3 is 18.3 Å². The fourth-order valence-electron chi connectivity index (χ4n) is 3.46. The summed E-state index contributed by atoms with van der Waals surface area (Å²) >= 11 is 0. The molecule has 0 aliphatic carbocycles. The number of unbranched alkanes of at least 4 members (excludes halogenated alkanes) is 5. The number of carbonyl (C=O) groups excluding carboxylic acids is 2. The zero-order valence-corrected chi connectivity index (χ0v) is 21.0. The molecule has 9 heteroatoms. The number of benzene rings is 3. The molecule has 0 aliphatic rings. The van der Waals surface area contributed by atoms with Gasteiger partial charge < -0.3 is 18.9 Å². The average molecular weight is 531 g/mol. The van der Waals surface area contributed by atoms with E-state index in [1.165, 1.54) is 62.1 Å². The van der Waals surface area contributed by atoms with E-state index in [9.17, 15) is 22.8 Å². The van der Waals surface area contributed by atoms with E-state index in [4.69, 9.17) is 14.2 Å². The second-order valence-corrected chi connectivity index (χ2v) is 8.46. The van der Waals surface area contributed by atoms with Gasteiger partial charge in [-0.15, -0.1) is 13.2 Å². The summed E-state index contributed by atoms with van der Waals surface area (Å²) < 4.78 is 56.8. The maximum Gasteiger partial charge on any atom is 0.573 e. The minimum atomic E-state index is -4.81. The summed E-state index contributed by atoms with van der Waals surface area (Å²) in [6.07, 6.45) is 2.28. The maximum absolute atomic E-state index is 12.5. The molecule has 0 amide bonds. The van der Waals surface area contributed by atoms with Crippen LogP contribution in [0.25, 0.3) is 0 Å². The van der Waals surface area contributed by atoms with E-state index in [-0.39, 0.29) is 16.9 Å². The van der Waals surface area contributed by atoms with Crippen LogP contribution in [0.5, 0.6) is 23.0 Å². The molecule has 0 saturated carbocycles. The van der Waals surface area contributed by atoms with Crippen molar-refractivity contribution in [3.63, 3.8) is 0 Å². The van der Waals surface area contributed by atoms with E-state index in [0.29, 0.717) is 18.1 Å². The van der Waals surface area contributed by atoms with Crippen LogP contribution >= 0.6 is 0 Å². The van der Waals surface area contributed by atoms with Crippen molar-refractivity contribution in [1.29, 1.82) is 0 Å². The van der Waals surface area contributed by atoms with Gasteiger partial charge in [0.25, 0.3) is 0 Å². The summed E-state index contributed by atoms with van der Waals surface area (Å²) in [5.41, 5.74) is 0.364. The standard InChI is InChI=1S/C29H29F3O6/c1-2-3-4-5-6-7-20-35-23-12-14-24(15-13-23)36-27(33)21-8-10-22(11-9-21)28(34)37-25-16-18-26(19-17-25)38-29(30,31)32/h8-19H,2-7,20H2,1H3. The average Bonchev–Trinajstić information content (AvgIpc) is 2.89. The number of carbonyl (C=O) groups is 2. The zero-order chi connectivity index (χ0) is 27.4. The molecule has 3 aromatic carbocycles. The van der Waals surface area contributed by atoms with Crippen molar-refractivity contribution >= 4 is 11.9 Å². The molecule has 0 spiro atoms. The van der Waals surface area contributed by atoms with Gasteiger partial charge in [-0.3, -0.25) is 0 Å². The van der Waals surface area contributed by atoms with Crippen molar-refractivity contribution < 1.29 is 41.7 Å². The Kier molecular flexibility index (Phi) is 10.6. The molecule has 0 aromatic heterocycles. The molecule has 0 aliphatic heterocycles. The number of hydrogen-bond acceptors (Lipinski definition) is 6. The highest BCUT2D eigenvalue weighted by molar-refractivity contribution is 5.94. The molecule has 0 unspecified atom stereocenters. The predicted molar refractivity (Wildman–Crippen MR) is 135 cm³/mol. The lowest BCUT2D eigenvalue weighted by atomic mass is 10.1. The van der Waals surface area contributed by atoms with E-state index < -0.39 is 24.1 Å². The van der Waals surface area contributed by atoms with Crippen molar-refractivity contribution in [3.05, 3.63) is 83.9 Å². The first-order chi connectivity index (χ1) is 18.2. The van der Waals surface area contributed by atoms with Gasteiger partial charge in [0.05, 0.1) is 17.7 Å². The van der Waals surface area contributed by atoms with Gasteiger partial charge in [-0.05, 0) is 79.2 Å². The highest BCUT2D eigenvalue weighted by atomic mass is 19.4. The van der Waals surface area contributed by atoms with E-state index in [0.717, 1.165) is 25.0 Å². The van der Waals surface area contributed by atoms with Crippen molar-refractivity contribution in [2.24, 2.45) is 0 Å². The Hall–Kier alpha value is -4.01. The minimum absolute atomic E-state index is 0.0346. The van der Waals surface area contributed by atoms with Crippen LogP contribution in [-0.4, -0.2) is 24.9 Å². The number of rotatable bonds is 13. The lowest BCUT2D eigenvalue weighted by molar-refractivity contribution is -0.274. The summed E-state index contributed by atoms with van der Waals surface area (Å²) in [4.78, 5) is 24.8. The van der Waals surface area contributed by atoms with Crippen LogP contribution in [-0.2, 0) is 0 Å². The first-order valence-corrected chi connectivity index (χ1v) is 12.4. The van der Waals surface area contributed by atoms with Crippen LogP contribution in [0.15, 0.2) is 72.8 Å². The Morgan fingerprint density at radius 1 is 0.605 bits per heavy atom. The van der Waals surface area contributed by atoms with Gasteiger partial charge in [-0.25, -0.2) is 9.59 Å². The van der Waals surface area contributed by atoms with E-state index >= 15 is 0 Å². The maximum atomic E-state index is 12.5. The van der Waals surface area contributed by atoms with Crippen LogP contribution < -0.4 is 18.9 Å². The van der Waals surface area contributed by atoms with Gasteiger partial charge in [-0.1, -0.05) is 39.0 Å². The first-order valence-electron chi connectivity index (χ1n) is 12.4. The molecule has 3 rings (SSSR count). The minimum Gasteiger partial charge on any atom is -0.494 e. The lowest BCUT2D eigenvalue weighted by Gasteiger charge is -2.10. The normalized spacial score (nSPS) is 11.1. The molecule has 0 bridgehead atoms. The summed E-state index contributed by atoms with van der Waals surface area (Å²) in [5.74, 6) is -0.702. The van der Waals surface area contributed by atoms with Crippen LogP contribution in [0.1, 0.15) is 66.2 Å². The Labute approximate surface area is 219 Å². The third-order valence-corrected chi connectivity index (χ3v) is 5.43. The van der Waals surface area contributed by atoms with Crippen LogP contribution in [0.4, 0.5) is 13.2 Å². The molecule has 38 heavy (non-hydrogen) atoms. The molecule has 3 aromatic rings. The Morgan fingerprint density at radius 2 is 1.03 bits per heavy atom. The van der Waals surface area contributed by atoms with Crippen LogP contribution in [0, 0.1) is 0 Å². The lowest BCUT2D eigenvalue weighted by Crippen LogP contribution is -2.17. The fourth-order valence-corrected chi connectivity index (χ4v) is 3.46. The number of ether oxygens (including phenoxy) is 4. The molecule has 0 heterocycles. The second kappa shape index (κ2) is 14.1. The Morgan fingerprint density at radius 3 is 1.50 bits per heavy atom. The Balaban J connectivity index is 1.45. The summed E-state index contributed by atoms with van der Waals surface area (Å²) in [5, 5.41) is 0. The van der Waals surface area contributed by atoms with E-state index in [2.05, 4.69) is 11.7 Å². The molecule has 0 fully saturated rings. The van der Waals surface area contributed by atoms with Gasteiger partial charge in [-0.2, -0.15) is 0 Å². The molecule has 6 nitrogen and oxygen atoms in total. The van der Waals surface area contributed by atoms with Crippen molar-refractivity contribution in [2.75, 3.05) is 6.61 Å². The van der Waals surface area contributed by atoms with E-state index in [1.54, 1.807) is 24.3 Å². The summed E-state index contributed by atoms with van der Waals surface area (Å²) in [7, 11) is 0. The van der Waals surface area contributed by atoms with Crippen molar-refractivity contribution in [1.82, 2.24) is 0 Å². The number of halogens is 3. The van der Waals surface area contributed by atoms with Gasteiger partial charge in [0, 0.05) is 0 Å². The topological polar surface area (TPSA) is 71.1 Å². The molecule has 0 atom stereocenters. The highest BCUT2D eigenvalue weighted by Gasteiger charge is 2.31. The third kappa shape index (κ3) is 9.80. The quantitative estimate of drug-likeness (QED) is 0.128.